The Bertz CT molecular complexity index is 546. The normalized spacial score (nSPS) is 10.3. The molecule has 94 valence electrons. The Labute approximate surface area is 106 Å². The van der Waals surface area contributed by atoms with E-state index < -0.39 is 0 Å². The number of nitrogens with zero attached hydrogens (tertiary/aromatic N) is 2. The van der Waals surface area contributed by atoms with Crippen LogP contribution in [0.3, 0.4) is 0 Å². The maximum absolute atomic E-state index is 12.4. The van der Waals surface area contributed by atoms with Gasteiger partial charge in [-0.05, 0) is 24.6 Å². The van der Waals surface area contributed by atoms with Gasteiger partial charge in [-0.3, -0.25) is 9.48 Å². The number of hydrogen-bond acceptors (Lipinski definition) is 3. The van der Waals surface area contributed by atoms with Crippen LogP contribution in [0.5, 0.6) is 5.75 Å². The molecule has 0 aliphatic heterocycles. The molecule has 2 aromatic rings. The highest BCUT2D eigenvalue weighted by Crippen LogP contribution is 2.20. The fourth-order valence-electron chi connectivity index (χ4n) is 1.89. The lowest BCUT2D eigenvalue weighted by atomic mass is 10.1. The lowest BCUT2D eigenvalue weighted by molar-refractivity contribution is 0.102. The molecule has 0 amide bonds. The van der Waals surface area contributed by atoms with Crippen molar-refractivity contribution in [2.75, 3.05) is 7.11 Å². The van der Waals surface area contributed by atoms with E-state index in [1.165, 1.54) is 0 Å². The molecule has 1 aromatic carbocycles. The number of carbonyl (C=O) groups excluding carboxylic acids is 1. The van der Waals surface area contributed by atoms with Gasteiger partial charge in [0, 0.05) is 12.7 Å². The predicted molar refractivity (Wildman–Crippen MR) is 68.9 cm³/mol. The van der Waals surface area contributed by atoms with Gasteiger partial charge in [0.05, 0.1) is 12.7 Å². The molecule has 0 spiro atoms. The summed E-state index contributed by atoms with van der Waals surface area (Å²) in [5, 5.41) is 4.16. The highest BCUT2D eigenvalue weighted by Gasteiger charge is 2.17. The molecular formula is C14H16N2O2. The van der Waals surface area contributed by atoms with Crippen LogP contribution in [0.4, 0.5) is 0 Å². The second-order valence-corrected chi connectivity index (χ2v) is 3.97. The molecule has 0 unspecified atom stereocenters. The van der Waals surface area contributed by atoms with Gasteiger partial charge in [0.25, 0.3) is 0 Å². The van der Waals surface area contributed by atoms with Gasteiger partial charge in [-0.1, -0.05) is 19.1 Å². The molecule has 0 bridgehead atoms. The topological polar surface area (TPSA) is 44.1 Å². The molecule has 1 heterocycles. The second kappa shape index (κ2) is 5.49. The first-order valence-corrected chi connectivity index (χ1v) is 5.97. The van der Waals surface area contributed by atoms with Gasteiger partial charge < -0.3 is 4.74 Å². The number of ether oxygens (including phenoxy) is 1. The molecular weight excluding hydrogens is 228 g/mol. The van der Waals surface area contributed by atoms with E-state index in [9.17, 15) is 4.79 Å². The summed E-state index contributed by atoms with van der Waals surface area (Å²) in [6.07, 6.45) is 2.59. The number of benzene rings is 1. The summed E-state index contributed by atoms with van der Waals surface area (Å²) >= 11 is 0. The largest absolute Gasteiger partial charge is 0.496 e. The molecule has 0 aliphatic carbocycles. The van der Waals surface area contributed by atoms with Gasteiger partial charge in [0.2, 0.25) is 5.78 Å². The molecule has 0 N–H and O–H groups in total. The van der Waals surface area contributed by atoms with Crippen molar-refractivity contribution in [1.82, 2.24) is 9.78 Å². The van der Waals surface area contributed by atoms with E-state index in [1.54, 1.807) is 36.2 Å². The third-order valence-corrected chi connectivity index (χ3v) is 2.74. The monoisotopic (exact) mass is 244 g/mol. The third-order valence-electron chi connectivity index (χ3n) is 2.74. The Balaban J connectivity index is 2.38. The zero-order valence-electron chi connectivity index (χ0n) is 10.6. The molecule has 4 nitrogen and oxygen atoms in total. The van der Waals surface area contributed by atoms with Crippen LogP contribution in [0.15, 0.2) is 36.5 Å². The maximum Gasteiger partial charge on any atom is 0.214 e. The quantitative estimate of drug-likeness (QED) is 0.759. The highest BCUT2D eigenvalue weighted by molar-refractivity contribution is 6.09. The molecule has 0 radical (unpaired) electrons. The Morgan fingerprint density at radius 2 is 2.11 bits per heavy atom. The molecule has 0 aliphatic rings. The van der Waals surface area contributed by atoms with Crippen molar-refractivity contribution >= 4 is 5.78 Å². The number of ketones is 1. The maximum atomic E-state index is 12.4. The molecule has 0 saturated heterocycles. The van der Waals surface area contributed by atoms with Crippen LogP contribution in [0.1, 0.15) is 29.4 Å². The predicted octanol–water partition coefficient (Wildman–Crippen LogP) is 2.53. The summed E-state index contributed by atoms with van der Waals surface area (Å²) in [5.74, 6) is 0.533. The van der Waals surface area contributed by atoms with Gasteiger partial charge in [0.15, 0.2) is 0 Å². The summed E-state index contributed by atoms with van der Waals surface area (Å²) in [5.41, 5.74) is 1.17. The molecule has 18 heavy (non-hydrogen) atoms. The minimum absolute atomic E-state index is 0.0570. The summed E-state index contributed by atoms with van der Waals surface area (Å²) in [7, 11) is 1.56. The van der Waals surface area contributed by atoms with E-state index in [2.05, 4.69) is 12.0 Å². The van der Waals surface area contributed by atoms with Gasteiger partial charge in [-0.25, -0.2) is 0 Å². The molecule has 2 rings (SSSR count). The lowest BCUT2D eigenvalue weighted by Crippen LogP contribution is -2.12. The highest BCUT2D eigenvalue weighted by atomic mass is 16.5. The Kier molecular flexibility index (Phi) is 3.77. The molecule has 0 atom stereocenters. The fraction of sp³-hybridized carbons (Fsp3) is 0.286. The smallest absolute Gasteiger partial charge is 0.214 e. The Hall–Kier alpha value is -2.10. The van der Waals surface area contributed by atoms with E-state index >= 15 is 0 Å². The summed E-state index contributed by atoms with van der Waals surface area (Å²) in [4.78, 5) is 12.4. The van der Waals surface area contributed by atoms with Gasteiger partial charge >= 0.3 is 0 Å². The van der Waals surface area contributed by atoms with E-state index in [0.29, 0.717) is 17.0 Å². The number of methoxy groups -OCH3 is 1. The first kappa shape index (κ1) is 12.4. The van der Waals surface area contributed by atoms with E-state index in [1.807, 2.05) is 12.1 Å². The van der Waals surface area contributed by atoms with Gasteiger partial charge in [0.1, 0.15) is 11.4 Å². The number of carbonyl (C=O) groups is 1. The van der Waals surface area contributed by atoms with Crippen molar-refractivity contribution in [2.45, 2.75) is 19.9 Å². The average molecular weight is 244 g/mol. The fourth-order valence-corrected chi connectivity index (χ4v) is 1.89. The molecule has 0 saturated carbocycles. The Morgan fingerprint density at radius 3 is 2.83 bits per heavy atom. The van der Waals surface area contributed by atoms with Crippen molar-refractivity contribution in [2.24, 2.45) is 0 Å². The van der Waals surface area contributed by atoms with Gasteiger partial charge in [-0.2, -0.15) is 5.10 Å². The minimum atomic E-state index is -0.0570. The summed E-state index contributed by atoms with van der Waals surface area (Å²) < 4.78 is 6.94. The van der Waals surface area contributed by atoms with Crippen LogP contribution >= 0.6 is 0 Å². The van der Waals surface area contributed by atoms with Crippen LogP contribution < -0.4 is 4.74 Å². The molecule has 0 fully saturated rings. The zero-order chi connectivity index (χ0) is 13.0. The van der Waals surface area contributed by atoms with E-state index in [-0.39, 0.29) is 5.78 Å². The number of hydrogen-bond donors (Lipinski definition) is 0. The van der Waals surface area contributed by atoms with Crippen molar-refractivity contribution in [3.05, 3.63) is 47.8 Å². The first-order valence-electron chi connectivity index (χ1n) is 5.97. The van der Waals surface area contributed by atoms with Crippen LogP contribution in [0, 0.1) is 0 Å². The number of para-hydroxylation sites is 1. The Morgan fingerprint density at radius 1 is 1.33 bits per heavy atom. The standard InChI is InChI=1S/C14H16N2O2/c1-3-10-16-12(8-9-15-16)14(17)11-6-4-5-7-13(11)18-2/h4-9H,3,10H2,1-2H3. The van der Waals surface area contributed by atoms with Crippen molar-refractivity contribution in [3.8, 4) is 5.75 Å². The van der Waals surface area contributed by atoms with Crippen molar-refractivity contribution < 1.29 is 9.53 Å². The second-order valence-electron chi connectivity index (χ2n) is 3.97. The van der Waals surface area contributed by atoms with Crippen molar-refractivity contribution in [3.63, 3.8) is 0 Å². The van der Waals surface area contributed by atoms with E-state index in [4.69, 9.17) is 4.74 Å². The lowest BCUT2D eigenvalue weighted by Gasteiger charge is -2.08. The van der Waals surface area contributed by atoms with Gasteiger partial charge in [-0.15, -0.1) is 0 Å². The summed E-state index contributed by atoms with van der Waals surface area (Å²) in [6, 6.07) is 8.97. The third kappa shape index (κ3) is 2.27. The van der Waals surface area contributed by atoms with Crippen LogP contribution in [-0.4, -0.2) is 22.7 Å². The molecule has 4 heteroatoms. The first-order chi connectivity index (χ1) is 8.77. The summed E-state index contributed by atoms with van der Waals surface area (Å²) in [6.45, 7) is 2.79. The van der Waals surface area contributed by atoms with Crippen molar-refractivity contribution in [1.29, 1.82) is 0 Å². The zero-order valence-corrected chi connectivity index (χ0v) is 10.6. The van der Waals surface area contributed by atoms with Crippen LogP contribution in [0.2, 0.25) is 0 Å². The number of rotatable bonds is 5. The SMILES string of the molecule is CCCn1nccc1C(=O)c1ccccc1OC. The van der Waals surface area contributed by atoms with E-state index in [0.717, 1.165) is 13.0 Å². The van der Waals surface area contributed by atoms with Crippen LogP contribution in [-0.2, 0) is 6.54 Å². The average Bonchev–Trinajstić information content (AvgIpc) is 2.86. The minimum Gasteiger partial charge on any atom is -0.496 e. The number of aromatic nitrogens is 2. The number of aryl methyl sites for hydroxylation is 1. The molecule has 1 aromatic heterocycles. The van der Waals surface area contributed by atoms with Crippen LogP contribution in [0.25, 0.3) is 0 Å².